The summed E-state index contributed by atoms with van der Waals surface area (Å²) in [6, 6.07) is 15.8. The van der Waals surface area contributed by atoms with Crippen LogP contribution in [0.2, 0.25) is 5.02 Å². The Morgan fingerprint density at radius 2 is 1.80 bits per heavy atom. The van der Waals surface area contributed by atoms with E-state index in [2.05, 4.69) is 15.5 Å². The number of ether oxygens (including phenoxy) is 2. The predicted molar refractivity (Wildman–Crippen MR) is 150 cm³/mol. The third kappa shape index (κ3) is 2.82. The Morgan fingerprint density at radius 3 is 2.58 bits per heavy atom. The van der Waals surface area contributed by atoms with E-state index in [4.69, 9.17) is 21.1 Å². The molecule has 0 bridgehead atoms. The van der Waals surface area contributed by atoms with Crippen molar-refractivity contribution in [1.82, 2.24) is 4.90 Å². The van der Waals surface area contributed by atoms with E-state index in [9.17, 15) is 14.4 Å². The normalized spacial score (nSPS) is 27.9. The molecule has 2 amide bonds. The Morgan fingerprint density at radius 1 is 1.00 bits per heavy atom. The van der Waals surface area contributed by atoms with Crippen molar-refractivity contribution in [1.29, 1.82) is 0 Å². The number of nitrogens with one attached hydrogen (secondary N) is 2. The largest absolute Gasteiger partial charge is 0.497 e. The first-order valence-electron chi connectivity index (χ1n) is 13.4. The lowest BCUT2D eigenvalue weighted by atomic mass is 9.57. The fraction of sp³-hybridized carbons (Fsp3) is 0.323. The van der Waals surface area contributed by atoms with Crippen LogP contribution in [0, 0.1) is 12.8 Å². The van der Waals surface area contributed by atoms with Crippen LogP contribution >= 0.6 is 11.6 Å². The third-order valence-electron chi connectivity index (χ3n) is 9.26. The number of hydrogen-bond donors (Lipinski definition) is 2. The summed E-state index contributed by atoms with van der Waals surface area (Å²) >= 11 is 6.71. The number of ketones is 1. The second-order valence-electron chi connectivity index (χ2n) is 11.0. The van der Waals surface area contributed by atoms with Crippen LogP contribution in [0.5, 0.6) is 11.5 Å². The summed E-state index contributed by atoms with van der Waals surface area (Å²) in [5.74, 6) is -0.934. The van der Waals surface area contributed by atoms with Gasteiger partial charge in [0.2, 0.25) is 5.91 Å². The summed E-state index contributed by atoms with van der Waals surface area (Å²) in [6.45, 7) is 2.48. The van der Waals surface area contributed by atoms with Crippen LogP contribution < -0.4 is 20.1 Å². The summed E-state index contributed by atoms with van der Waals surface area (Å²) in [5.41, 5.74) is 0.554. The maximum absolute atomic E-state index is 14.9. The van der Waals surface area contributed by atoms with Crippen molar-refractivity contribution in [3.63, 3.8) is 0 Å². The minimum absolute atomic E-state index is 0.250. The molecule has 4 aliphatic heterocycles. The maximum atomic E-state index is 14.9. The van der Waals surface area contributed by atoms with Gasteiger partial charge in [0.25, 0.3) is 5.91 Å². The first kappa shape index (κ1) is 25.1. The Bertz CT molecular complexity index is 1640. The number of methoxy groups -OCH3 is 2. The molecule has 204 valence electrons. The molecule has 4 heterocycles. The lowest BCUT2D eigenvalue weighted by Gasteiger charge is -2.43. The molecule has 40 heavy (non-hydrogen) atoms. The van der Waals surface area contributed by atoms with E-state index < -0.39 is 16.9 Å². The van der Waals surface area contributed by atoms with Crippen molar-refractivity contribution in [3.8, 4) is 11.5 Å². The lowest BCUT2D eigenvalue weighted by molar-refractivity contribution is -0.137. The Kier molecular flexibility index (Phi) is 5.37. The molecule has 0 aliphatic carbocycles. The number of aryl methyl sites for hydroxylation is 1. The van der Waals surface area contributed by atoms with Crippen LogP contribution in [0.3, 0.4) is 0 Å². The number of amides is 2. The molecule has 8 nitrogen and oxygen atoms in total. The monoisotopic (exact) mass is 557 g/mol. The van der Waals surface area contributed by atoms with Crippen molar-refractivity contribution in [2.45, 2.75) is 36.8 Å². The van der Waals surface area contributed by atoms with E-state index >= 15 is 0 Å². The van der Waals surface area contributed by atoms with E-state index in [0.717, 1.165) is 12.0 Å². The van der Waals surface area contributed by atoms with Gasteiger partial charge < -0.3 is 20.1 Å². The highest BCUT2D eigenvalue weighted by atomic mass is 35.5. The van der Waals surface area contributed by atoms with Gasteiger partial charge in [-0.25, -0.2) is 0 Å². The van der Waals surface area contributed by atoms with Crippen LogP contribution in [0.4, 0.5) is 11.4 Å². The summed E-state index contributed by atoms with van der Waals surface area (Å²) in [4.78, 5) is 46.2. The molecule has 2 N–H and O–H groups in total. The molecule has 4 aliphatic rings. The molecule has 2 fully saturated rings. The zero-order valence-corrected chi connectivity index (χ0v) is 23.1. The third-order valence-corrected chi connectivity index (χ3v) is 9.56. The highest BCUT2D eigenvalue weighted by molar-refractivity contribution is 6.35. The Hall–Kier alpha value is -3.88. The molecule has 9 heteroatoms. The second kappa shape index (κ2) is 8.56. The number of hydrogen-bond acceptors (Lipinski definition) is 6. The van der Waals surface area contributed by atoms with Gasteiger partial charge in [-0.15, -0.1) is 0 Å². The molecule has 4 atom stereocenters. The molecule has 0 unspecified atom stereocenters. The molecular weight excluding hydrogens is 530 g/mol. The second-order valence-corrected chi connectivity index (χ2v) is 11.4. The molecule has 0 aromatic heterocycles. The molecule has 0 saturated carbocycles. The number of rotatable bonds is 4. The topological polar surface area (TPSA) is 97.0 Å². The molecule has 2 saturated heterocycles. The number of fused-ring (bicyclic) bond motifs is 7. The van der Waals surface area contributed by atoms with Crippen LogP contribution in [0.15, 0.2) is 54.6 Å². The summed E-state index contributed by atoms with van der Waals surface area (Å²) in [5, 5.41) is 6.49. The zero-order chi connectivity index (χ0) is 28.0. The lowest BCUT2D eigenvalue weighted by Crippen LogP contribution is -2.62. The molecule has 3 aromatic carbocycles. The van der Waals surface area contributed by atoms with Crippen molar-refractivity contribution in [3.05, 3.63) is 81.9 Å². The van der Waals surface area contributed by atoms with E-state index in [0.29, 0.717) is 57.6 Å². The SMILES string of the molecule is COc1ccc(C(=O)[C@@H]2[C@H]3CCCN3[C@@]3(C(=O)Nc4c(Cl)cc(C)cc43)[C@]23C(=O)Nc2ccccc23)c(OC)c1. The van der Waals surface area contributed by atoms with Crippen LogP contribution in [0.1, 0.15) is 39.9 Å². The summed E-state index contributed by atoms with van der Waals surface area (Å²) < 4.78 is 11.0. The molecule has 7 rings (SSSR count). The predicted octanol–water partition coefficient (Wildman–Crippen LogP) is 4.68. The van der Waals surface area contributed by atoms with Gasteiger partial charge in [0.05, 0.1) is 36.4 Å². The van der Waals surface area contributed by atoms with E-state index in [1.165, 1.54) is 7.11 Å². The van der Waals surface area contributed by atoms with Crippen molar-refractivity contribution >= 4 is 40.6 Å². The smallest absolute Gasteiger partial charge is 0.251 e. The fourth-order valence-corrected chi connectivity index (χ4v) is 8.26. The summed E-state index contributed by atoms with van der Waals surface area (Å²) in [6.07, 6.45) is 1.45. The van der Waals surface area contributed by atoms with Crippen molar-refractivity contribution in [2.75, 3.05) is 31.4 Å². The number of nitrogens with zero attached hydrogens (tertiary/aromatic N) is 1. The Balaban J connectivity index is 1.58. The minimum Gasteiger partial charge on any atom is -0.497 e. The fourth-order valence-electron chi connectivity index (χ4n) is 7.94. The van der Waals surface area contributed by atoms with Gasteiger partial charge in [-0.05, 0) is 61.7 Å². The number of carbonyl (C=O) groups excluding carboxylic acids is 3. The number of Topliss-reactive ketones (excluding diaryl/α,β-unsaturated/α-hetero) is 1. The van der Waals surface area contributed by atoms with Gasteiger partial charge in [0.15, 0.2) is 5.78 Å². The average molecular weight is 558 g/mol. The van der Waals surface area contributed by atoms with Gasteiger partial charge >= 0.3 is 0 Å². The van der Waals surface area contributed by atoms with Gasteiger partial charge in [0, 0.05) is 23.4 Å². The van der Waals surface area contributed by atoms with Gasteiger partial charge in [0.1, 0.15) is 22.5 Å². The Labute approximate surface area is 236 Å². The maximum Gasteiger partial charge on any atom is 0.251 e. The number of benzene rings is 3. The van der Waals surface area contributed by atoms with Crippen molar-refractivity contribution in [2.24, 2.45) is 5.92 Å². The first-order chi connectivity index (χ1) is 19.3. The van der Waals surface area contributed by atoms with E-state index in [-0.39, 0.29) is 23.6 Å². The molecule has 3 aromatic rings. The quantitative estimate of drug-likeness (QED) is 0.452. The summed E-state index contributed by atoms with van der Waals surface area (Å²) in [7, 11) is 3.05. The number of para-hydroxylation sites is 1. The molecule has 0 radical (unpaired) electrons. The molecular formula is C31H28ClN3O5. The van der Waals surface area contributed by atoms with Crippen LogP contribution in [-0.2, 0) is 20.5 Å². The van der Waals surface area contributed by atoms with E-state index in [1.54, 1.807) is 31.4 Å². The zero-order valence-electron chi connectivity index (χ0n) is 22.3. The van der Waals surface area contributed by atoms with Crippen molar-refractivity contribution < 1.29 is 23.9 Å². The highest BCUT2D eigenvalue weighted by Crippen LogP contribution is 2.68. The minimum atomic E-state index is -1.55. The number of carbonyl (C=O) groups is 3. The van der Waals surface area contributed by atoms with Crippen LogP contribution in [-0.4, -0.2) is 49.3 Å². The van der Waals surface area contributed by atoms with Crippen LogP contribution in [0.25, 0.3) is 0 Å². The van der Waals surface area contributed by atoms with Gasteiger partial charge in [-0.3, -0.25) is 19.3 Å². The first-order valence-corrected chi connectivity index (χ1v) is 13.7. The average Bonchev–Trinajstić information content (AvgIpc) is 3.67. The van der Waals surface area contributed by atoms with Gasteiger partial charge in [-0.2, -0.15) is 0 Å². The number of halogens is 1. The number of anilines is 2. The van der Waals surface area contributed by atoms with Gasteiger partial charge in [-0.1, -0.05) is 35.9 Å². The highest BCUT2D eigenvalue weighted by Gasteiger charge is 2.81. The van der Waals surface area contributed by atoms with E-state index in [1.807, 2.05) is 37.3 Å². The standard InChI is InChI=1S/C31H28ClN3O5/c1-16-13-20-26(21(32)14-16)34-29(38)31(20)30(19-7-4-5-8-22(19)33-28(30)37)25(23-9-6-12-35(23)31)27(36)18-11-10-17(39-2)15-24(18)40-3/h4-5,7-8,10-11,13-15,23,25H,6,9,12H2,1-3H3,(H,33,37)(H,34,38)/t23-,25+,30+,31+/m1/s1. The molecule has 2 spiro atoms.